The van der Waals surface area contributed by atoms with Crippen LogP contribution >= 0.6 is 0 Å². The van der Waals surface area contributed by atoms with Gasteiger partial charge in [0.1, 0.15) is 11.3 Å². The maximum atomic E-state index is 12.5. The molecular weight excluding hydrogens is 440 g/mol. The van der Waals surface area contributed by atoms with Gasteiger partial charge in [-0.1, -0.05) is 25.5 Å². The van der Waals surface area contributed by atoms with Gasteiger partial charge in [-0.15, -0.1) is 0 Å². The Hall–Kier alpha value is -3.60. The summed E-state index contributed by atoms with van der Waals surface area (Å²) in [5, 5.41) is 0. The first-order chi connectivity index (χ1) is 16.4. The number of nitrogens with zero attached hydrogens (tertiary/aromatic N) is 4. The zero-order chi connectivity index (χ0) is 24.5. The molecule has 0 unspecified atom stereocenters. The minimum absolute atomic E-state index is 0.159. The average Bonchev–Trinajstić information content (AvgIpc) is 3.13. The molecule has 0 spiro atoms. The van der Waals surface area contributed by atoms with Crippen molar-refractivity contribution in [3.8, 4) is 11.8 Å². The minimum Gasteiger partial charge on any atom is -0.494 e. The second kappa shape index (κ2) is 12.0. The Kier molecular flexibility index (Phi) is 8.86. The number of hydrogen-bond acceptors (Lipinski definition) is 9. The zero-order valence-electron chi connectivity index (χ0n) is 19.9. The molecule has 0 aliphatic rings. The molecule has 34 heavy (non-hydrogen) atoms. The fourth-order valence-corrected chi connectivity index (χ4v) is 3.31. The van der Waals surface area contributed by atoms with Gasteiger partial charge in [-0.3, -0.25) is 14.3 Å². The van der Waals surface area contributed by atoms with Crippen LogP contribution in [0.2, 0.25) is 0 Å². The Morgan fingerprint density at radius 2 is 1.88 bits per heavy atom. The summed E-state index contributed by atoms with van der Waals surface area (Å²) in [7, 11) is 3.23. The average molecular weight is 473 g/mol. The lowest BCUT2D eigenvalue weighted by Gasteiger charge is -2.15. The number of imidazole rings is 1. The highest BCUT2D eigenvalue weighted by Gasteiger charge is 2.15. The van der Waals surface area contributed by atoms with Gasteiger partial charge >= 0.3 is 17.7 Å². The molecule has 0 bridgehead atoms. The number of benzene rings is 1. The van der Waals surface area contributed by atoms with Gasteiger partial charge in [-0.25, -0.2) is 4.79 Å². The second-order valence-corrected chi connectivity index (χ2v) is 7.97. The lowest BCUT2D eigenvalue weighted by atomic mass is 10.2. The number of aromatic amines is 1. The molecule has 2 aromatic heterocycles. The summed E-state index contributed by atoms with van der Waals surface area (Å²) in [6.45, 7) is 4.34. The summed E-state index contributed by atoms with van der Waals surface area (Å²) >= 11 is 0. The van der Waals surface area contributed by atoms with Crippen molar-refractivity contribution in [2.75, 3.05) is 46.2 Å². The normalized spacial score (nSPS) is 11.2. The molecule has 0 atom stereocenters. The molecule has 1 aromatic carbocycles. The Morgan fingerprint density at radius 3 is 2.59 bits per heavy atom. The van der Waals surface area contributed by atoms with Gasteiger partial charge in [-0.2, -0.15) is 9.97 Å². The molecule has 3 N–H and O–H groups in total. The number of nitrogen functional groups attached to an aromatic ring is 1. The van der Waals surface area contributed by atoms with Crippen LogP contribution in [-0.2, 0) is 16.1 Å². The van der Waals surface area contributed by atoms with Crippen LogP contribution in [-0.4, -0.2) is 70.8 Å². The third-order valence-corrected chi connectivity index (χ3v) is 5.20. The third kappa shape index (κ3) is 6.70. The van der Waals surface area contributed by atoms with E-state index in [-0.39, 0.29) is 30.0 Å². The molecule has 0 aliphatic heterocycles. The number of aromatic nitrogens is 4. The van der Waals surface area contributed by atoms with Crippen LogP contribution in [0.1, 0.15) is 31.7 Å². The van der Waals surface area contributed by atoms with Crippen LogP contribution in [0.5, 0.6) is 11.8 Å². The molecule has 2 heterocycles. The SMILES string of the molecule is CCCCOc1nc(N)c2[nH]c(=O)n(Cc3ccc(OCCCN(C)CC(=O)OC)cc3)c2n1. The molecule has 0 saturated carbocycles. The lowest BCUT2D eigenvalue weighted by Crippen LogP contribution is -2.28. The number of ether oxygens (including phenoxy) is 3. The van der Waals surface area contributed by atoms with Crippen LogP contribution in [0, 0.1) is 0 Å². The number of carbonyl (C=O) groups is 1. The third-order valence-electron chi connectivity index (χ3n) is 5.20. The van der Waals surface area contributed by atoms with Crippen LogP contribution in [0.15, 0.2) is 29.1 Å². The number of unbranched alkanes of at least 4 members (excludes halogenated alkanes) is 1. The molecule has 3 rings (SSSR count). The van der Waals surface area contributed by atoms with E-state index in [1.165, 1.54) is 11.7 Å². The Labute approximate surface area is 197 Å². The fraction of sp³-hybridized carbons (Fsp3) is 0.478. The van der Waals surface area contributed by atoms with Crippen LogP contribution in [0.4, 0.5) is 5.82 Å². The number of likely N-dealkylation sites (N-methyl/N-ethyl adjacent to an activating group) is 1. The van der Waals surface area contributed by atoms with E-state index in [1.54, 1.807) is 0 Å². The van der Waals surface area contributed by atoms with Crippen molar-refractivity contribution in [1.82, 2.24) is 24.4 Å². The predicted molar refractivity (Wildman–Crippen MR) is 128 cm³/mol. The number of esters is 1. The van der Waals surface area contributed by atoms with Gasteiger partial charge in [0.25, 0.3) is 0 Å². The van der Waals surface area contributed by atoms with Gasteiger partial charge in [0.2, 0.25) is 0 Å². The van der Waals surface area contributed by atoms with E-state index < -0.39 is 0 Å². The van der Waals surface area contributed by atoms with Crippen LogP contribution in [0.3, 0.4) is 0 Å². The Bertz CT molecular complexity index is 1140. The maximum absolute atomic E-state index is 12.5. The first-order valence-corrected chi connectivity index (χ1v) is 11.3. The quantitative estimate of drug-likeness (QED) is 0.282. The monoisotopic (exact) mass is 472 g/mol. The Morgan fingerprint density at radius 1 is 1.15 bits per heavy atom. The van der Waals surface area contributed by atoms with Gasteiger partial charge in [0.05, 0.1) is 33.4 Å². The van der Waals surface area contributed by atoms with Crippen molar-refractivity contribution in [3.63, 3.8) is 0 Å². The van der Waals surface area contributed by atoms with Crippen molar-refractivity contribution in [2.45, 2.75) is 32.7 Å². The van der Waals surface area contributed by atoms with Crippen molar-refractivity contribution in [1.29, 1.82) is 0 Å². The minimum atomic E-state index is -0.321. The summed E-state index contributed by atoms with van der Waals surface area (Å²) in [5.74, 6) is 0.639. The highest BCUT2D eigenvalue weighted by atomic mass is 16.5. The number of H-pyrrole nitrogens is 1. The van der Waals surface area contributed by atoms with E-state index in [1.807, 2.05) is 36.2 Å². The second-order valence-electron chi connectivity index (χ2n) is 7.97. The van der Waals surface area contributed by atoms with Crippen LogP contribution < -0.4 is 20.9 Å². The summed E-state index contributed by atoms with van der Waals surface area (Å²) < 4.78 is 17.5. The van der Waals surface area contributed by atoms with Crippen molar-refractivity contribution in [3.05, 3.63) is 40.3 Å². The molecular formula is C23H32N6O5. The van der Waals surface area contributed by atoms with Gasteiger partial charge in [0.15, 0.2) is 11.5 Å². The van der Waals surface area contributed by atoms with E-state index in [0.29, 0.717) is 37.5 Å². The van der Waals surface area contributed by atoms with E-state index >= 15 is 0 Å². The number of anilines is 1. The number of nitrogens with one attached hydrogen (secondary N) is 1. The molecule has 0 amide bonds. The first-order valence-electron chi connectivity index (χ1n) is 11.3. The number of methoxy groups -OCH3 is 1. The molecule has 184 valence electrons. The molecule has 11 heteroatoms. The fourth-order valence-electron chi connectivity index (χ4n) is 3.31. The van der Waals surface area contributed by atoms with Crippen molar-refractivity contribution >= 4 is 23.0 Å². The summed E-state index contributed by atoms with van der Waals surface area (Å²) in [6, 6.07) is 7.67. The highest BCUT2D eigenvalue weighted by molar-refractivity contribution is 5.81. The molecule has 3 aromatic rings. The number of fused-ring (bicyclic) bond motifs is 1. The standard InChI is InChI=1S/C23H32N6O5/c1-4-5-12-34-22-26-20(24)19-21(27-22)29(23(31)25-19)14-16-7-9-17(10-8-16)33-13-6-11-28(2)15-18(30)32-3/h7-10H,4-6,11-15H2,1-3H3,(H,25,31)(H2,24,26,27). The van der Waals surface area contributed by atoms with Gasteiger partial charge in [0, 0.05) is 6.54 Å². The molecule has 0 fully saturated rings. The largest absolute Gasteiger partial charge is 0.494 e. The first kappa shape index (κ1) is 25.0. The highest BCUT2D eigenvalue weighted by Crippen LogP contribution is 2.19. The number of carbonyl (C=O) groups excluding carboxylic acids is 1. The molecule has 0 saturated heterocycles. The van der Waals surface area contributed by atoms with E-state index in [2.05, 4.69) is 26.6 Å². The van der Waals surface area contributed by atoms with Gasteiger partial charge in [-0.05, 0) is 37.6 Å². The number of nitrogens with two attached hydrogens (primary N) is 1. The van der Waals surface area contributed by atoms with E-state index in [0.717, 1.165) is 30.6 Å². The predicted octanol–water partition coefficient (Wildman–Crippen LogP) is 1.80. The topological polar surface area (TPSA) is 138 Å². The summed E-state index contributed by atoms with van der Waals surface area (Å²) in [6.07, 6.45) is 2.63. The van der Waals surface area contributed by atoms with Crippen LogP contribution in [0.25, 0.3) is 11.2 Å². The zero-order valence-corrected chi connectivity index (χ0v) is 19.9. The Balaban J connectivity index is 1.60. The van der Waals surface area contributed by atoms with E-state index in [9.17, 15) is 9.59 Å². The number of hydrogen-bond donors (Lipinski definition) is 2. The molecule has 0 radical (unpaired) electrons. The van der Waals surface area contributed by atoms with Crippen molar-refractivity contribution in [2.24, 2.45) is 0 Å². The van der Waals surface area contributed by atoms with Gasteiger partial charge < -0.3 is 24.9 Å². The summed E-state index contributed by atoms with van der Waals surface area (Å²) in [4.78, 5) is 36.9. The maximum Gasteiger partial charge on any atom is 0.328 e. The smallest absolute Gasteiger partial charge is 0.328 e. The molecule has 0 aliphatic carbocycles. The van der Waals surface area contributed by atoms with E-state index in [4.69, 9.17) is 15.2 Å². The van der Waals surface area contributed by atoms with Crippen molar-refractivity contribution < 1.29 is 19.0 Å². The lowest BCUT2D eigenvalue weighted by molar-refractivity contribution is -0.141. The number of rotatable bonds is 13. The molecule has 11 nitrogen and oxygen atoms in total. The summed E-state index contributed by atoms with van der Waals surface area (Å²) in [5.41, 5.74) is 7.38.